The molecule has 21 heavy (non-hydrogen) atoms. The van der Waals surface area contributed by atoms with Crippen LogP contribution >= 0.6 is 0 Å². The van der Waals surface area contributed by atoms with Crippen molar-refractivity contribution >= 4 is 0 Å². The van der Waals surface area contributed by atoms with Crippen molar-refractivity contribution in [2.75, 3.05) is 0 Å². The summed E-state index contributed by atoms with van der Waals surface area (Å²) in [5.74, 6) is 1.31. The van der Waals surface area contributed by atoms with Gasteiger partial charge in [-0.3, -0.25) is 0 Å². The molecule has 5 nitrogen and oxygen atoms in total. The van der Waals surface area contributed by atoms with Gasteiger partial charge < -0.3 is 14.7 Å². The highest BCUT2D eigenvalue weighted by Gasteiger charge is 2.13. The van der Waals surface area contributed by atoms with E-state index in [1.54, 1.807) is 24.3 Å². The van der Waals surface area contributed by atoms with Gasteiger partial charge >= 0.3 is 0 Å². The van der Waals surface area contributed by atoms with E-state index < -0.39 is 0 Å². The maximum Gasteiger partial charge on any atom is 0.258 e. The number of nitrogens with zero attached hydrogens (tertiary/aromatic N) is 2. The van der Waals surface area contributed by atoms with Crippen LogP contribution in [0, 0.1) is 13.8 Å². The molecular formula is C16H14N2O3. The lowest BCUT2D eigenvalue weighted by Crippen LogP contribution is -1.86. The van der Waals surface area contributed by atoms with Crippen molar-refractivity contribution in [1.29, 1.82) is 0 Å². The third-order valence-electron chi connectivity index (χ3n) is 3.29. The molecule has 0 saturated carbocycles. The van der Waals surface area contributed by atoms with E-state index in [-0.39, 0.29) is 11.5 Å². The third kappa shape index (κ3) is 2.45. The Labute approximate surface area is 121 Å². The molecule has 2 aromatic carbocycles. The number of aromatic nitrogens is 2. The van der Waals surface area contributed by atoms with Gasteiger partial charge in [0.25, 0.3) is 5.89 Å². The number of aryl methyl sites for hydroxylation is 2. The van der Waals surface area contributed by atoms with Gasteiger partial charge in [0.05, 0.1) is 0 Å². The summed E-state index contributed by atoms with van der Waals surface area (Å²) in [7, 11) is 0. The summed E-state index contributed by atoms with van der Waals surface area (Å²) in [6.45, 7) is 3.65. The average molecular weight is 282 g/mol. The summed E-state index contributed by atoms with van der Waals surface area (Å²) < 4.78 is 5.25. The van der Waals surface area contributed by atoms with E-state index in [1.807, 2.05) is 26.0 Å². The smallest absolute Gasteiger partial charge is 0.258 e. The third-order valence-corrected chi connectivity index (χ3v) is 3.29. The molecule has 0 aliphatic carbocycles. The first kappa shape index (κ1) is 13.2. The van der Waals surface area contributed by atoms with Crippen LogP contribution in [0.4, 0.5) is 0 Å². The molecule has 0 bridgehead atoms. The van der Waals surface area contributed by atoms with Gasteiger partial charge in [0.2, 0.25) is 5.82 Å². The lowest BCUT2D eigenvalue weighted by Gasteiger charge is -2.04. The highest BCUT2D eigenvalue weighted by Crippen LogP contribution is 2.29. The number of hydrogen-bond donors (Lipinski definition) is 2. The maximum absolute atomic E-state index is 9.80. The SMILES string of the molecule is Cc1cc(-c2noc(-c3ccc(O)cc3)n2)cc(C)c1O. The lowest BCUT2D eigenvalue weighted by molar-refractivity contribution is 0.432. The molecule has 0 fully saturated rings. The van der Waals surface area contributed by atoms with Gasteiger partial charge in [-0.1, -0.05) is 5.16 Å². The minimum atomic E-state index is 0.184. The van der Waals surface area contributed by atoms with Gasteiger partial charge in [0, 0.05) is 11.1 Å². The molecular weight excluding hydrogens is 268 g/mol. The zero-order chi connectivity index (χ0) is 15.0. The van der Waals surface area contributed by atoms with Gasteiger partial charge in [-0.15, -0.1) is 0 Å². The van der Waals surface area contributed by atoms with Gasteiger partial charge in [0.15, 0.2) is 0 Å². The van der Waals surface area contributed by atoms with Gasteiger partial charge in [-0.25, -0.2) is 0 Å². The van der Waals surface area contributed by atoms with Crippen molar-refractivity contribution in [3.63, 3.8) is 0 Å². The van der Waals surface area contributed by atoms with E-state index in [1.165, 1.54) is 0 Å². The zero-order valence-corrected chi connectivity index (χ0v) is 11.7. The molecule has 0 spiro atoms. The summed E-state index contributed by atoms with van der Waals surface area (Å²) in [4.78, 5) is 4.35. The molecule has 0 unspecified atom stereocenters. The van der Waals surface area contributed by atoms with E-state index in [2.05, 4.69) is 10.1 Å². The zero-order valence-electron chi connectivity index (χ0n) is 11.7. The van der Waals surface area contributed by atoms with Crippen LogP contribution in [0.15, 0.2) is 40.9 Å². The Morgan fingerprint density at radius 3 is 2.14 bits per heavy atom. The second-order valence-electron chi connectivity index (χ2n) is 4.93. The number of aromatic hydroxyl groups is 2. The molecule has 3 aromatic rings. The molecule has 5 heteroatoms. The van der Waals surface area contributed by atoms with E-state index >= 15 is 0 Å². The molecule has 0 aliphatic rings. The molecule has 0 radical (unpaired) electrons. The highest BCUT2D eigenvalue weighted by atomic mass is 16.5. The van der Waals surface area contributed by atoms with E-state index in [0.717, 1.165) is 22.3 Å². The van der Waals surface area contributed by atoms with Gasteiger partial charge in [-0.05, 0) is 61.4 Å². The number of benzene rings is 2. The largest absolute Gasteiger partial charge is 0.508 e. The summed E-state index contributed by atoms with van der Waals surface area (Å²) in [5, 5.41) is 23.0. The fourth-order valence-electron chi connectivity index (χ4n) is 2.15. The minimum absolute atomic E-state index is 0.184. The van der Waals surface area contributed by atoms with Crippen LogP contribution in [0.3, 0.4) is 0 Å². The van der Waals surface area contributed by atoms with Crippen LogP contribution in [-0.2, 0) is 0 Å². The molecule has 0 atom stereocenters. The molecule has 1 heterocycles. The summed E-state index contributed by atoms with van der Waals surface area (Å²) in [6, 6.07) is 10.2. The van der Waals surface area contributed by atoms with Crippen LogP contribution in [0.5, 0.6) is 11.5 Å². The second kappa shape index (κ2) is 4.94. The standard InChI is InChI=1S/C16H14N2O3/c1-9-7-12(8-10(2)14(9)20)15-17-16(21-18-15)11-3-5-13(19)6-4-11/h3-8,19-20H,1-2H3. The van der Waals surface area contributed by atoms with E-state index in [9.17, 15) is 10.2 Å². The highest BCUT2D eigenvalue weighted by molar-refractivity contribution is 5.63. The van der Waals surface area contributed by atoms with Crippen molar-refractivity contribution in [3.8, 4) is 34.3 Å². The number of phenols is 2. The Morgan fingerprint density at radius 1 is 0.905 bits per heavy atom. The number of hydrogen-bond acceptors (Lipinski definition) is 5. The lowest BCUT2D eigenvalue weighted by atomic mass is 10.1. The van der Waals surface area contributed by atoms with Crippen LogP contribution in [-0.4, -0.2) is 20.4 Å². The predicted octanol–water partition coefficient (Wildman–Crippen LogP) is 3.43. The van der Waals surface area contributed by atoms with Crippen molar-refractivity contribution < 1.29 is 14.7 Å². The fourth-order valence-corrected chi connectivity index (χ4v) is 2.15. The predicted molar refractivity (Wildman–Crippen MR) is 78.0 cm³/mol. The van der Waals surface area contributed by atoms with Crippen LogP contribution in [0.25, 0.3) is 22.8 Å². The van der Waals surface area contributed by atoms with Crippen molar-refractivity contribution in [3.05, 3.63) is 47.5 Å². The normalized spacial score (nSPS) is 10.8. The molecule has 106 valence electrons. The summed E-state index contributed by atoms with van der Waals surface area (Å²) in [6.07, 6.45) is 0. The fraction of sp³-hybridized carbons (Fsp3) is 0.125. The second-order valence-corrected chi connectivity index (χ2v) is 4.93. The van der Waals surface area contributed by atoms with Crippen molar-refractivity contribution in [2.24, 2.45) is 0 Å². The topological polar surface area (TPSA) is 79.4 Å². The Morgan fingerprint density at radius 2 is 1.52 bits per heavy atom. The van der Waals surface area contributed by atoms with Crippen molar-refractivity contribution in [1.82, 2.24) is 10.1 Å². The van der Waals surface area contributed by atoms with Crippen LogP contribution in [0.1, 0.15) is 11.1 Å². The molecule has 0 amide bonds. The molecule has 1 aromatic heterocycles. The first-order valence-electron chi connectivity index (χ1n) is 6.48. The van der Waals surface area contributed by atoms with E-state index in [4.69, 9.17) is 4.52 Å². The van der Waals surface area contributed by atoms with Crippen LogP contribution in [0.2, 0.25) is 0 Å². The Hall–Kier alpha value is -2.82. The number of phenolic OH excluding ortho intramolecular Hbond substituents is 2. The summed E-state index contributed by atoms with van der Waals surface area (Å²) >= 11 is 0. The molecule has 2 N–H and O–H groups in total. The van der Waals surface area contributed by atoms with Crippen LogP contribution < -0.4 is 0 Å². The first-order chi connectivity index (χ1) is 10.0. The van der Waals surface area contributed by atoms with Gasteiger partial charge in [-0.2, -0.15) is 4.98 Å². The first-order valence-corrected chi connectivity index (χ1v) is 6.48. The van der Waals surface area contributed by atoms with Gasteiger partial charge in [0.1, 0.15) is 11.5 Å². The van der Waals surface area contributed by atoms with Crippen molar-refractivity contribution in [2.45, 2.75) is 13.8 Å². The number of rotatable bonds is 2. The Bertz CT molecular complexity index is 769. The average Bonchev–Trinajstić information content (AvgIpc) is 2.95. The van der Waals surface area contributed by atoms with E-state index in [0.29, 0.717) is 11.7 Å². The summed E-state index contributed by atoms with van der Waals surface area (Å²) in [5.41, 5.74) is 3.05. The molecule has 0 aliphatic heterocycles. The Kier molecular flexibility index (Phi) is 3.10. The quantitative estimate of drug-likeness (QED) is 0.752. The monoisotopic (exact) mass is 282 g/mol. The Balaban J connectivity index is 2.00. The maximum atomic E-state index is 9.80. The molecule has 0 saturated heterocycles. The minimum Gasteiger partial charge on any atom is -0.508 e. The molecule has 3 rings (SSSR count).